The summed E-state index contributed by atoms with van der Waals surface area (Å²) in [4.78, 5) is 51.2. The average molecular weight is 544 g/mol. The van der Waals surface area contributed by atoms with Gasteiger partial charge in [-0.1, -0.05) is 23.2 Å². The number of nitrogens with one attached hydrogen (secondary N) is 1. The molecule has 2 aromatic carbocycles. The quantitative estimate of drug-likeness (QED) is 0.329. The van der Waals surface area contributed by atoms with Crippen molar-refractivity contribution in [1.29, 1.82) is 0 Å². The van der Waals surface area contributed by atoms with Crippen LogP contribution >= 0.6 is 46.4 Å². The molecule has 1 heterocycles. The molecule has 1 saturated heterocycles. The van der Waals surface area contributed by atoms with Crippen LogP contribution in [-0.4, -0.2) is 41.1 Å². The number of ether oxygens (including phenoxy) is 1. The molecule has 1 saturated carbocycles. The number of imide groups is 1. The molecule has 0 unspecified atom stereocenters. The first-order valence-electron chi connectivity index (χ1n) is 10.3. The summed E-state index contributed by atoms with van der Waals surface area (Å²) in [7, 11) is 0. The number of esters is 1. The molecule has 0 radical (unpaired) electrons. The van der Waals surface area contributed by atoms with Gasteiger partial charge >= 0.3 is 5.97 Å². The lowest BCUT2D eigenvalue weighted by Crippen LogP contribution is -2.34. The van der Waals surface area contributed by atoms with Crippen LogP contribution in [0.5, 0.6) is 0 Å². The van der Waals surface area contributed by atoms with Gasteiger partial charge < -0.3 is 10.1 Å². The van der Waals surface area contributed by atoms with E-state index in [4.69, 9.17) is 51.1 Å². The summed E-state index contributed by atoms with van der Waals surface area (Å²) in [6.45, 7) is -0.537. The number of anilines is 2. The molecule has 7 nitrogen and oxygen atoms in total. The molecule has 3 amide bonds. The maximum absolute atomic E-state index is 12.8. The van der Waals surface area contributed by atoms with Crippen LogP contribution in [-0.2, 0) is 19.1 Å². The van der Waals surface area contributed by atoms with Crippen LogP contribution in [0.15, 0.2) is 42.5 Å². The van der Waals surface area contributed by atoms with Crippen molar-refractivity contribution < 1.29 is 23.9 Å². The van der Waals surface area contributed by atoms with Crippen LogP contribution in [0.2, 0.25) is 10.0 Å². The topological polar surface area (TPSA) is 92.8 Å². The van der Waals surface area contributed by atoms with Gasteiger partial charge in [-0.05, 0) is 55.3 Å². The molecule has 1 N–H and O–H groups in total. The normalized spacial score (nSPS) is 24.1. The second kappa shape index (κ2) is 10.1. The number of rotatable bonds is 5. The van der Waals surface area contributed by atoms with Crippen molar-refractivity contribution in [2.75, 3.05) is 16.8 Å². The molecule has 1 aliphatic heterocycles. The largest absolute Gasteiger partial charge is 0.452 e. The number of hydrogen-bond acceptors (Lipinski definition) is 5. The van der Waals surface area contributed by atoms with Gasteiger partial charge in [-0.15, -0.1) is 23.2 Å². The summed E-state index contributed by atoms with van der Waals surface area (Å²) in [6.07, 6.45) is 0.685. The number of nitrogens with zero attached hydrogens (tertiary/aromatic N) is 1. The average Bonchev–Trinajstić information content (AvgIpc) is 3.04. The molecule has 4 atom stereocenters. The molecule has 0 aromatic heterocycles. The van der Waals surface area contributed by atoms with Gasteiger partial charge in [0.1, 0.15) is 0 Å². The Kier molecular flexibility index (Phi) is 7.38. The summed E-state index contributed by atoms with van der Waals surface area (Å²) in [5.74, 6) is -2.97. The monoisotopic (exact) mass is 542 g/mol. The van der Waals surface area contributed by atoms with Gasteiger partial charge in [-0.25, -0.2) is 4.79 Å². The number of amides is 3. The Hall–Kier alpha value is -2.32. The molecule has 4 rings (SSSR count). The molecule has 0 bridgehead atoms. The first-order valence-corrected chi connectivity index (χ1v) is 12.0. The highest BCUT2D eigenvalue weighted by molar-refractivity contribution is 6.36. The van der Waals surface area contributed by atoms with Gasteiger partial charge in [0.15, 0.2) is 6.61 Å². The Morgan fingerprint density at radius 1 is 0.941 bits per heavy atom. The lowest BCUT2D eigenvalue weighted by Gasteiger charge is -2.28. The second-order valence-corrected chi connectivity index (χ2v) is 9.99. The van der Waals surface area contributed by atoms with E-state index in [1.807, 2.05) is 0 Å². The molecule has 1 aliphatic carbocycles. The summed E-state index contributed by atoms with van der Waals surface area (Å²) in [5.41, 5.74) is 0.825. The highest BCUT2D eigenvalue weighted by Crippen LogP contribution is 2.43. The van der Waals surface area contributed by atoms with Crippen molar-refractivity contribution in [3.63, 3.8) is 0 Å². The van der Waals surface area contributed by atoms with E-state index >= 15 is 0 Å². The van der Waals surface area contributed by atoms with Crippen LogP contribution in [0.3, 0.4) is 0 Å². The van der Waals surface area contributed by atoms with Crippen LogP contribution in [0.25, 0.3) is 0 Å². The maximum Gasteiger partial charge on any atom is 0.338 e. The fraction of sp³-hybridized carbons (Fsp3) is 0.304. The third-order valence-corrected chi connectivity index (χ3v) is 7.45. The minimum Gasteiger partial charge on any atom is -0.452 e. The molecule has 0 spiro atoms. The summed E-state index contributed by atoms with van der Waals surface area (Å²) < 4.78 is 5.04. The number of hydrogen-bond donors (Lipinski definition) is 1. The number of carbonyl (C=O) groups is 4. The van der Waals surface area contributed by atoms with Gasteiger partial charge in [0.05, 0.1) is 44.6 Å². The van der Waals surface area contributed by atoms with Gasteiger partial charge in [0.2, 0.25) is 11.8 Å². The lowest BCUT2D eigenvalue weighted by molar-refractivity contribution is -0.122. The number of halogens is 4. The molecule has 11 heteroatoms. The Balaban J connectivity index is 1.37. The fourth-order valence-corrected chi connectivity index (χ4v) is 5.13. The van der Waals surface area contributed by atoms with Crippen molar-refractivity contribution in [1.82, 2.24) is 0 Å². The van der Waals surface area contributed by atoms with E-state index < -0.39 is 30.3 Å². The zero-order valence-electron chi connectivity index (χ0n) is 17.5. The molecule has 34 heavy (non-hydrogen) atoms. The fourth-order valence-electron chi connectivity index (χ4n) is 4.09. The Labute approximate surface area is 215 Å². The Bertz CT molecular complexity index is 1130. The van der Waals surface area contributed by atoms with Crippen LogP contribution < -0.4 is 10.2 Å². The number of fused-ring (bicyclic) bond motifs is 1. The van der Waals surface area contributed by atoms with Crippen molar-refractivity contribution >= 4 is 81.5 Å². The van der Waals surface area contributed by atoms with Gasteiger partial charge in [-0.2, -0.15) is 0 Å². The smallest absolute Gasteiger partial charge is 0.338 e. The van der Waals surface area contributed by atoms with E-state index in [2.05, 4.69) is 5.32 Å². The van der Waals surface area contributed by atoms with Crippen LogP contribution in [0, 0.1) is 11.8 Å². The van der Waals surface area contributed by atoms with E-state index in [1.165, 1.54) is 36.4 Å². The van der Waals surface area contributed by atoms with E-state index in [0.29, 0.717) is 29.2 Å². The molecule has 2 fully saturated rings. The first-order chi connectivity index (χ1) is 16.2. The van der Waals surface area contributed by atoms with Crippen molar-refractivity contribution in [2.24, 2.45) is 11.8 Å². The van der Waals surface area contributed by atoms with Crippen molar-refractivity contribution in [2.45, 2.75) is 23.6 Å². The summed E-state index contributed by atoms with van der Waals surface area (Å²) in [6, 6.07) is 10.4. The Morgan fingerprint density at radius 3 is 2.09 bits per heavy atom. The van der Waals surface area contributed by atoms with E-state index in [1.54, 1.807) is 6.07 Å². The van der Waals surface area contributed by atoms with Gasteiger partial charge in [0.25, 0.3) is 5.91 Å². The number of alkyl halides is 2. The molecule has 2 aromatic rings. The predicted molar refractivity (Wildman–Crippen MR) is 130 cm³/mol. The highest BCUT2D eigenvalue weighted by Gasteiger charge is 2.52. The molecular formula is C23H18Cl4N2O5. The number of carbonyl (C=O) groups excluding carboxylic acids is 4. The van der Waals surface area contributed by atoms with Crippen molar-refractivity contribution in [3.05, 3.63) is 58.1 Å². The first kappa shape index (κ1) is 24.8. The lowest BCUT2D eigenvalue weighted by atomic mass is 9.80. The van der Waals surface area contributed by atoms with E-state index in [-0.39, 0.29) is 33.2 Å². The van der Waals surface area contributed by atoms with E-state index in [9.17, 15) is 19.2 Å². The third-order valence-electron chi connectivity index (χ3n) is 5.81. The summed E-state index contributed by atoms with van der Waals surface area (Å²) >= 11 is 24.2. The zero-order chi connectivity index (χ0) is 24.6. The molecular weight excluding hydrogens is 526 g/mol. The van der Waals surface area contributed by atoms with Gasteiger partial charge in [0, 0.05) is 5.02 Å². The Morgan fingerprint density at radius 2 is 1.53 bits per heavy atom. The maximum atomic E-state index is 12.8. The van der Waals surface area contributed by atoms with Crippen LogP contribution in [0.4, 0.5) is 11.4 Å². The highest BCUT2D eigenvalue weighted by atomic mass is 35.5. The summed E-state index contributed by atoms with van der Waals surface area (Å²) in [5, 5.41) is 2.45. The minimum atomic E-state index is -0.744. The number of benzene rings is 2. The molecule has 2 aliphatic rings. The second-order valence-electron chi connectivity index (χ2n) is 8.02. The van der Waals surface area contributed by atoms with Crippen LogP contribution in [0.1, 0.15) is 23.2 Å². The predicted octanol–water partition coefficient (Wildman–Crippen LogP) is 4.90. The standard InChI is InChI=1S/C23H18Cl4N2O5/c24-12-3-6-19(18(27)7-12)28-20(30)10-34-23(33)11-1-4-13(5-2-11)29-21(31)14-8-16(25)17(26)9-15(14)22(29)32/h1-7,14-17H,8-10H2,(H,28,30)/t14-,15-,16-,17+/m1/s1. The SMILES string of the molecule is O=C(COC(=O)c1ccc(N2C(=O)[C@@H]3C[C@@H](Cl)[C@@H](Cl)C[C@H]3C2=O)cc1)Nc1ccc(Cl)cc1Cl. The minimum absolute atomic E-state index is 0.152. The van der Waals surface area contributed by atoms with E-state index in [0.717, 1.165) is 4.90 Å². The third kappa shape index (κ3) is 5.03. The zero-order valence-corrected chi connectivity index (χ0v) is 20.5. The molecule has 178 valence electrons. The van der Waals surface area contributed by atoms with Crippen molar-refractivity contribution in [3.8, 4) is 0 Å². The van der Waals surface area contributed by atoms with Gasteiger partial charge in [-0.3, -0.25) is 19.3 Å².